The molecule has 5 aromatic rings. The SMILES string of the molecule is O=CC1=CC2=C(c3ccccc3)C3=CC(=C[O-])C(=N3)C(c3ccccc3)=c3ccc([n-]3)=C(c3ccccc3)C3=NC(=C(c4ccccc4)C1=N2)C=C3.[Ni+2]. The summed E-state index contributed by atoms with van der Waals surface area (Å²) >= 11 is 0. The van der Waals surface area contributed by atoms with E-state index in [1.165, 1.54) is 0 Å². The molecular formula is C46H28N4NiO2. The number of hydrogen-bond donors (Lipinski definition) is 0. The number of allylic oxidation sites excluding steroid dienone is 8. The average Bonchev–Trinajstić information content (AvgIpc) is 4.03. The minimum Gasteiger partial charge on any atom is -0.877 e. The Hall–Kier alpha value is -6.69. The number of rotatable bonds is 5. The summed E-state index contributed by atoms with van der Waals surface area (Å²) in [6, 6.07) is 43.6. The van der Waals surface area contributed by atoms with Gasteiger partial charge in [-0.25, -0.2) is 15.0 Å². The van der Waals surface area contributed by atoms with Gasteiger partial charge < -0.3 is 10.1 Å². The van der Waals surface area contributed by atoms with Crippen molar-refractivity contribution in [1.29, 1.82) is 0 Å². The predicted molar refractivity (Wildman–Crippen MR) is 205 cm³/mol. The maximum Gasteiger partial charge on any atom is 2.00 e. The maximum absolute atomic E-state index is 12.9. The van der Waals surface area contributed by atoms with E-state index in [0.717, 1.165) is 62.6 Å². The van der Waals surface area contributed by atoms with E-state index in [1.54, 1.807) is 12.2 Å². The van der Waals surface area contributed by atoms with E-state index in [-0.39, 0.29) is 16.5 Å². The summed E-state index contributed by atoms with van der Waals surface area (Å²) < 4.78 is 0. The monoisotopic (exact) mass is 726 g/mol. The molecule has 7 heteroatoms. The van der Waals surface area contributed by atoms with Gasteiger partial charge >= 0.3 is 16.5 Å². The van der Waals surface area contributed by atoms with Gasteiger partial charge in [-0.2, -0.15) is 0 Å². The number of nitrogens with zero attached hydrogens (tertiary/aromatic N) is 4. The molecule has 0 spiro atoms. The van der Waals surface area contributed by atoms with Gasteiger partial charge in [-0.05, 0) is 63.3 Å². The van der Waals surface area contributed by atoms with Crippen molar-refractivity contribution in [2.75, 3.05) is 0 Å². The molecule has 5 heterocycles. The van der Waals surface area contributed by atoms with Crippen LogP contribution in [-0.4, -0.2) is 23.4 Å². The number of fused-ring (bicyclic) bond motifs is 5. The Bertz CT molecular complexity index is 2710. The van der Waals surface area contributed by atoms with Gasteiger partial charge in [-0.1, -0.05) is 133 Å². The minimum absolute atomic E-state index is 0. The molecule has 254 valence electrons. The van der Waals surface area contributed by atoms with Crippen molar-refractivity contribution in [3.63, 3.8) is 0 Å². The molecule has 0 radical (unpaired) electrons. The number of carbonyl (C=O) groups excluding carboxylic acids is 1. The van der Waals surface area contributed by atoms with Crippen LogP contribution in [0, 0.1) is 0 Å². The summed E-state index contributed by atoms with van der Waals surface area (Å²) in [6.07, 6.45) is 9.27. The molecule has 8 bridgehead atoms. The number of aldehydes is 1. The van der Waals surface area contributed by atoms with Crippen LogP contribution in [0.1, 0.15) is 22.3 Å². The van der Waals surface area contributed by atoms with Crippen molar-refractivity contribution in [1.82, 2.24) is 4.98 Å². The molecule has 4 aromatic carbocycles. The van der Waals surface area contributed by atoms with Crippen LogP contribution in [0.4, 0.5) is 0 Å². The number of aromatic nitrogens is 1. The van der Waals surface area contributed by atoms with E-state index in [4.69, 9.17) is 20.0 Å². The van der Waals surface area contributed by atoms with Crippen LogP contribution in [0.15, 0.2) is 207 Å². The zero-order chi connectivity index (χ0) is 35.0. The van der Waals surface area contributed by atoms with Crippen LogP contribution in [0.25, 0.3) is 22.3 Å². The van der Waals surface area contributed by atoms with Crippen molar-refractivity contribution >= 4 is 45.7 Å². The first kappa shape index (κ1) is 33.5. The van der Waals surface area contributed by atoms with Crippen LogP contribution < -0.4 is 20.8 Å². The van der Waals surface area contributed by atoms with Gasteiger partial charge in [0.25, 0.3) is 0 Å². The van der Waals surface area contributed by atoms with Gasteiger partial charge in [0.2, 0.25) is 0 Å². The smallest absolute Gasteiger partial charge is 0.877 e. The van der Waals surface area contributed by atoms with Gasteiger partial charge in [-0.3, -0.25) is 4.79 Å². The van der Waals surface area contributed by atoms with Crippen LogP contribution in [0.2, 0.25) is 0 Å². The molecule has 0 saturated carbocycles. The summed E-state index contributed by atoms with van der Waals surface area (Å²) in [5.74, 6) is 0. The standard InChI is InChI=1S/C46H30N4O2.Ni/c51-27-33-25-39-42(30-15-7-2-8-16-30)40-26-34(28-52)46(50-40)44(32-19-11-4-12-20-32)38-24-22-36(48-38)41(29-13-5-1-6-14-29)35-21-23-37(47-35)43(45(33)49-39)31-17-9-3-10-18-31;/h1-28H,(H2,47,48,49,50,51,52);/q;+2/p-2. The first-order chi connectivity index (χ1) is 25.7. The van der Waals surface area contributed by atoms with Gasteiger partial charge in [0.05, 0.1) is 34.2 Å². The van der Waals surface area contributed by atoms with E-state index in [2.05, 4.69) is 0 Å². The summed E-state index contributed by atoms with van der Waals surface area (Å²) in [5, 5.41) is 14.3. The van der Waals surface area contributed by atoms with Crippen LogP contribution in [-0.2, 0) is 21.3 Å². The third kappa shape index (κ3) is 5.97. The predicted octanol–water partition coefficient (Wildman–Crippen LogP) is 6.05. The topological polar surface area (TPSA) is 91.3 Å². The zero-order valence-corrected chi connectivity index (χ0v) is 29.1. The minimum atomic E-state index is 0. The van der Waals surface area contributed by atoms with E-state index >= 15 is 0 Å². The Kier molecular flexibility index (Phi) is 8.93. The van der Waals surface area contributed by atoms with Crippen LogP contribution >= 0.6 is 0 Å². The fourth-order valence-corrected chi connectivity index (χ4v) is 7.07. The van der Waals surface area contributed by atoms with Crippen molar-refractivity contribution in [2.24, 2.45) is 15.0 Å². The molecule has 4 aliphatic rings. The maximum atomic E-state index is 12.9. The average molecular weight is 727 g/mol. The van der Waals surface area contributed by atoms with E-state index in [1.807, 2.05) is 146 Å². The largest absolute Gasteiger partial charge is 2.00 e. The molecule has 0 amide bonds. The van der Waals surface area contributed by atoms with Crippen molar-refractivity contribution in [2.45, 2.75) is 0 Å². The fourth-order valence-electron chi connectivity index (χ4n) is 7.07. The number of carbonyl (C=O) groups is 1. The molecule has 0 unspecified atom stereocenters. The zero-order valence-electron chi connectivity index (χ0n) is 28.1. The van der Waals surface area contributed by atoms with Crippen molar-refractivity contribution in [3.8, 4) is 0 Å². The van der Waals surface area contributed by atoms with E-state index in [0.29, 0.717) is 50.6 Å². The number of hydrogen-bond acceptors (Lipinski definition) is 5. The Morgan fingerprint density at radius 1 is 0.509 bits per heavy atom. The molecule has 0 saturated heterocycles. The Morgan fingerprint density at radius 3 is 1.60 bits per heavy atom. The second-order valence-corrected chi connectivity index (χ2v) is 12.5. The van der Waals surface area contributed by atoms with Crippen LogP contribution in [0.3, 0.4) is 0 Å². The van der Waals surface area contributed by atoms with Crippen molar-refractivity contribution in [3.05, 3.63) is 225 Å². The first-order valence-electron chi connectivity index (χ1n) is 17.0. The summed E-state index contributed by atoms with van der Waals surface area (Å²) in [6.45, 7) is 0. The second-order valence-electron chi connectivity index (χ2n) is 12.5. The fraction of sp³-hybridized carbons (Fsp3) is 0. The normalized spacial score (nSPS) is 17.0. The van der Waals surface area contributed by atoms with E-state index < -0.39 is 0 Å². The Labute approximate surface area is 316 Å². The molecule has 6 nitrogen and oxygen atoms in total. The molecule has 0 N–H and O–H groups in total. The van der Waals surface area contributed by atoms with Crippen molar-refractivity contribution < 1.29 is 26.4 Å². The molecule has 53 heavy (non-hydrogen) atoms. The number of aliphatic imine (C=N–C) groups is 3. The second kappa shape index (κ2) is 14.1. The third-order valence-corrected chi connectivity index (χ3v) is 9.39. The molecule has 0 fully saturated rings. The molecule has 0 aliphatic carbocycles. The van der Waals surface area contributed by atoms with Crippen LogP contribution in [0.5, 0.6) is 0 Å². The molecule has 0 atom stereocenters. The number of benzene rings is 4. The third-order valence-electron chi connectivity index (χ3n) is 9.39. The van der Waals surface area contributed by atoms with Gasteiger partial charge in [-0.15, -0.1) is 17.0 Å². The summed E-state index contributed by atoms with van der Waals surface area (Å²) in [7, 11) is 0. The van der Waals surface area contributed by atoms with Gasteiger partial charge in [0, 0.05) is 16.7 Å². The Balaban J connectivity index is 0.00000400. The quantitative estimate of drug-likeness (QED) is 0.126. The molecule has 4 aliphatic heterocycles. The van der Waals surface area contributed by atoms with E-state index in [9.17, 15) is 9.90 Å². The summed E-state index contributed by atoms with van der Waals surface area (Å²) in [5.41, 5.74) is 10.9. The molecule has 9 rings (SSSR count). The van der Waals surface area contributed by atoms with Gasteiger partial charge in [0.15, 0.2) is 6.29 Å². The Morgan fingerprint density at radius 2 is 1.04 bits per heavy atom. The first-order valence-corrected chi connectivity index (χ1v) is 17.0. The molecule has 1 aromatic heterocycles. The molecular weight excluding hydrogens is 699 g/mol. The summed E-state index contributed by atoms with van der Waals surface area (Å²) in [4.78, 5) is 33.8. The van der Waals surface area contributed by atoms with Gasteiger partial charge in [0.1, 0.15) is 0 Å².